The van der Waals surface area contributed by atoms with Crippen LogP contribution in [-0.4, -0.2) is 35.0 Å². The maximum Gasteiger partial charge on any atom is 0.270 e. The number of non-ortho nitro benzene ring substituents is 1. The predicted octanol–water partition coefficient (Wildman–Crippen LogP) is 2.43. The lowest BCUT2D eigenvalue weighted by atomic mass is 10.1. The van der Waals surface area contributed by atoms with Crippen molar-refractivity contribution in [3.05, 3.63) is 38.9 Å². The van der Waals surface area contributed by atoms with Crippen molar-refractivity contribution in [3.63, 3.8) is 0 Å². The van der Waals surface area contributed by atoms with Crippen molar-refractivity contribution in [2.24, 2.45) is 0 Å². The number of nitro groups is 1. The van der Waals surface area contributed by atoms with Crippen LogP contribution in [0.15, 0.2) is 18.2 Å². The molecule has 2 unspecified atom stereocenters. The SMILES string of the molecule is CC1CN(Cc2ccc([N+](=O)[O-])cc2Cl)C(C)CN1. The highest BCUT2D eigenvalue weighted by atomic mass is 35.5. The van der Waals surface area contributed by atoms with Crippen LogP contribution >= 0.6 is 11.6 Å². The van der Waals surface area contributed by atoms with Gasteiger partial charge in [-0.1, -0.05) is 11.6 Å². The monoisotopic (exact) mass is 283 g/mol. The second-order valence-electron chi connectivity index (χ2n) is 5.12. The Kier molecular flexibility index (Phi) is 4.39. The van der Waals surface area contributed by atoms with Crippen LogP contribution in [0.5, 0.6) is 0 Å². The van der Waals surface area contributed by atoms with E-state index in [1.165, 1.54) is 12.1 Å². The number of hydrogen-bond donors (Lipinski definition) is 1. The van der Waals surface area contributed by atoms with Crippen LogP contribution in [0.2, 0.25) is 5.02 Å². The van der Waals surface area contributed by atoms with Gasteiger partial charge >= 0.3 is 0 Å². The van der Waals surface area contributed by atoms with E-state index in [4.69, 9.17) is 11.6 Å². The van der Waals surface area contributed by atoms with Gasteiger partial charge in [-0.25, -0.2) is 0 Å². The van der Waals surface area contributed by atoms with E-state index in [-0.39, 0.29) is 5.69 Å². The molecule has 1 aromatic rings. The van der Waals surface area contributed by atoms with Gasteiger partial charge in [0.15, 0.2) is 0 Å². The minimum absolute atomic E-state index is 0.0375. The van der Waals surface area contributed by atoms with Crippen LogP contribution < -0.4 is 5.32 Å². The Morgan fingerprint density at radius 2 is 2.26 bits per heavy atom. The quantitative estimate of drug-likeness (QED) is 0.684. The standard InChI is InChI=1S/C13H18ClN3O2/c1-9-7-16(10(2)6-15-9)8-11-3-4-12(17(18)19)5-13(11)14/h3-5,9-10,15H,6-8H2,1-2H3. The maximum atomic E-state index is 10.7. The number of nitro benzene ring substituents is 1. The lowest BCUT2D eigenvalue weighted by Gasteiger charge is -2.37. The van der Waals surface area contributed by atoms with Gasteiger partial charge < -0.3 is 5.32 Å². The minimum atomic E-state index is -0.425. The number of benzene rings is 1. The highest BCUT2D eigenvalue weighted by molar-refractivity contribution is 6.31. The lowest BCUT2D eigenvalue weighted by Crippen LogP contribution is -2.53. The molecule has 0 aromatic heterocycles. The van der Waals surface area contributed by atoms with Crippen molar-refractivity contribution in [1.29, 1.82) is 0 Å². The van der Waals surface area contributed by atoms with Gasteiger partial charge in [-0.2, -0.15) is 0 Å². The lowest BCUT2D eigenvalue weighted by molar-refractivity contribution is -0.384. The second-order valence-corrected chi connectivity index (χ2v) is 5.53. The third-order valence-electron chi connectivity index (χ3n) is 3.51. The summed E-state index contributed by atoms with van der Waals surface area (Å²) in [5.41, 5.74) is 0.976. The van der Waals surface area contributed by atoms with Gasteiger partial charge in [-0.15, -0.1) is 0 Å². The average Bonchev–Trinajstić information content (AvgIpc) is 2.36. The molecule has 0 radical (unpaired) electrons. The van der Waals surface area contributed by atoms with Gasteiger partial charge in [-0.3, -0.25) is 15.0 Å². The van der Waals surface area contributed by atoms with E-state index in [9.17, 15) is 10.1 Å². The van der Waals surface area contributed by atoms with Crippen molar-refractivity contribution in [3.8, 4) is 0 Å². The molecule has 2 rings (SSSR count). The summed E-state index contributed by atoms with van der Waals surface area (Å²) in [5, 5.41) is 14.6. The summed E-state index contributed by atoms with van der Waals surface area (Å²) < 4.78 is 0. The summed E-state index contributed by atoms with van der Waals surface area (Å²) in [6.07, 6.45) is 0. The first kappa shape index (κ1) is 14.2. The number of halogens is 1. The molecule has 1 saturated heterocycles. The van der Waals surface area contributed by atoms with E-state index in [2.05, 4.69) is 24.1 Å². The molecule has 19 heavy (non-hydrogen) atoms. The fourth-order valence-electron chi connectivity index (χ4n) is 2.31. The summed E-state index contributed by atoms with van der Waals surface area (Å²) in [4.78, 5) is 12.6. The van der Waals surface area contributed by atoms with E-state index in [1.807, 2.05) is 0 Å². The largest absolute Gasteiger partial charge is 0.311 e. The smallest absolute Gasteiger partial charge is 0.270 e. The molecule has 1 heterocycles. The Balaban J connectivity index is 2.12. The van der Waals surface area contributed by atoms with Gasteiger partial charge in [0.2, 0.25) is 0 Å². The number of rotatable bonds is 3. The van der Waals surface area contributed by atoms with Crippen LogP contribution in [0.3, 0.4) is 0 Å². The number of hydrogen-bond acceptors (Lipinski definition) is 4. The zero-order valence-electron chi connectivity index (χ0n) is 11.1. The molecule has 6 heteroatoms. The molecule has 1 aromatic carbocycles. The Morgan fingerprint density at radius 3 is 2.89 bits per heavy atom. The van der Waals surface area contributed by atoms with E-state index in [0.29, 0.717) is 17.1 Å². The first-order valence-electron chi connectivity index (χ1n) is 6.37. The van der Waals surface area contributed by atoms with Crippen LogP contribution in [-0.2, 0) is 6.54 Å². The summed E-state index contributed by atoms with van der Waals surface area (Å²) in [6.45, 7) is 6.94. The van der Waals surface area contributed by atoms with E-state index < -0.39 is 4.92 Å². The molecule has 2 atom stereocenters. The third kappa shape index (κ3) is 3.43. The maximum absolute atomic E-state index is 10.7. The normalized spacial score (nSPS) is 24.4. The Bertz CT molecular complexity index is 481. The minimum Gasteiger partial charge on any atom is -0.311 e. The molecule has 0 bridgehead atoms. The predicted molar refractivity (Wildman–Crippen MR) is 75.4 cm³/mol. The molecular weight excluding hydrogens is 266 g/mol. The van der Waals surface area contributed by atoms with Crippen molar-refractivity contribution < 1.29 is 4.92 Å². The van der Waals surface area contributed by atoms with Crippen LogP contribution in [0, 0.1) is 10.1 Å². The van der Waals surface area contributed by atoms with Gasteiger partial charge in [0.25, 0.3) is 5.69 Å². The zero-order chi connectivity index (χ0) is 14.0. The fraction of sp³-hybridized carbons (Fsp3) is 0.538. The number of nitrogens with zero attached hydrogens (tertiary/aromatic N) is 2. The number of nitrogens with one attached hydrogen (secondary N) is 1. The molecule has 0 spiro atoms. The number of piperazine rings is 1. The van der Waals surface area contributed by atoms with Gasteiger partial charge in [-0.05, 0) is 25.5 Å². The first-order valence-corrected chi connectivity index (χ1v) is 6.75. The molecule has 1 N–H and O–H groups in total. The Hall–Kier alpha value is -1.17. The van der Waals surface area contributed by atoms with Crippen molar-refractivity contribution in [2.45, 2.75) is 32.5 Å². The topological polar surface area (TPSA) is 58.4 Å². The fourth-order valence-corrected chi connectivity index (χ4v) is 2.55. The summed E-state index contributed by atoms with van der Waals surface area (Å²) in [6, 6.07) is 5.57. The molecule has 5 nitrogen and oxygen atoms in total. The molecular formula is C13H18ClN3O2. The van der Waals surface area contributed by atoms with Gasteiger partial charge in [0.05, 0.1) is 9.95 Å². The van der Waals surface area contributed by atoms with Crippen molar-refractivity contribution in [1.82, 2.24) is 10.2 Å². The third-order valence-corrected chi connectivity index (χ3v) is 3.87. The zero-order valence-corrected chi connectivity index (χ0v) is 11.9. The van der Waals surface area contributed by atoms with Crippen molar-refractivity contribution in [2.75, 3.05) is 13.1 Å². The van der Waals surface area contributed by atoms with E-state index >= 15 is 0 Å². The Morgan fingerprint density at radius 1 is 1.53 bits per heavy atom. The highest BCUT2D eigenvalue weighted by Gasteiger charge is 2.23. The molecule has 1 fully saturated rings. The van der Waals surface area contributed by atoms with E-state index in [1.54, 1.807) is 6.07 Å². The second kappa shape index (κ2) is 5.86. The average molecular weight is 284 g/mol. The molecule has 1 aliphatic heterocycles. The molecule has 1 aliphatic rings. The van der Waals surface area contributed by atoms with Crippen LogP contribution in [0.25, 0.3) is 0 Å². The summed E-state index contributed by atoms with van der Waals surface area (Å²) >= 11 is 6.13. The molecule has 0 amide bonds. The highest BCUT2D eigenvalue weighted by Crippen LogP contribution is 2.24. The summed E-state index contributed by atoms with van der Waals surface area (Å²) in [5.74, 6) is 0. The Labute approximate surface area is 117 Å². The van der Waals surface area contributed by atoms with Crippen molar-refractivity contribution >= 4 is 17.3 Å². The van der Waals surface area contributed by atoms with Gasteiger partial charge in [0, 0.05) is 43.9 Å². The van der Waals surface area contributed by atoms with E-state index in [0.717, 1.165) is 25.2 Å². The molecule has 104 valence electrons. The molecule has 0 aliphatic carbocycles. The molecule has 0 saturated carbocycles. The van der Waals surface area contributed by atoms with Crippen LogP contribution in [0.4, 0.5) is 5.69 Å². The van der Waals surface area contributed by atoms with Crippen LogP contribution in [0.1, 0.15) is 19.4 Å². The summed E-state index contributed by atoms with van der Waals surface area (Å²) in [7, 11) is 0. The first-order chi connectivity index (χ1) is 8.97. The van der Waals surface area contributed by atoms with Gasteiger partial charge in [0.1, 0.15) is 0 Å².